The first-order chi connectivity index (χ1) is 22.2. The molecule has 4 aromatic carbocycles. The van der Waals surface area contributed by atoms with Gasteiger partial charge in [0.2, 0.25) is 11.0 Å². The molecule has 0 aromatic heterocycles. The standard InChI is InChI=1S/C39H38N2O4S/c1-5-25-13-11-14-26(6-2)38(25)40-29-19-21-31-34(23-29)45-35-24-30(41-39-27(7-3)15-12-16-28(39)8-4)20-22-32(35)37(31)33-17-9-10-18-36(33)46(42,43)44/h9-24,40H,5-8H2,1-4H3,(H,42,43,44). The highest BCUT2D eigenvalue weighted by atomic mass is 32.2. The van der Waals surface area contributed by atoms with Crippen molar-refractivity contribution in [3.8, 4) is 22.5 Å². The minimum atomic E-state index is -4.75. The predicted molar refractivity (Wildman–Crippen MR) is 184 cm³/mol. The Labute approximate surface area is 270 Å². The molecule has 0 amide bonds. The van der Waals surface area contributed by atoms with Gasteiger partial charge in [0.25, 0.3) is 0 Å². The summed E-state index contributed by atoms with van der Waals surface area (Å²) in [6.45, 7) is 8.57. The summed E-state index contributed by atoms with van der Waals surface area (Å²) < 4.78 is 44.0. The van der Waals surface area contributed by atoms with E-state index in [-0.39, 0.29) is 4.90 Å². The number of rotatable bonds is 9. The molecule has 0 saturated heterocycles. The van der Waals surface area contributed by atoms with Crippen LogP contribution in [0.4, 0.5) is 17.1 Å². The molecule has 46 heavy (non-hydrogen) atoms. The van der Waals surface area contributed by atoms with Crippen molar-refractivity contribution >= 4 is 38.1 Å². The van der Waals surface area contributed by atoms with Gasteiger partial charge in [0.15, 0.2) is 0 Å². The number of nitrogens with one attached hydrogen (secondary N) is 2. The highest BCUT2D eigenvalue weighted by Crippen LogP contribution is 2.43. The van der Waals surface area contributed by atoms with E-state index in [9.17, 15) is 13.0 Å². The van der Waals surface area contributed by atoms with Gasteiger partial charge in [-0.25, -0.2) is 13.4 Å². The van der Waals surface area contributed by atoms with Crippen molar-refractivity contribution in [2.75, 3.05) is 5.32 Å². The van der Waals surface area contributed by atoms with Crippen LogP contribution in [0.25, 0.3) is 33.4 Å². The second kappa shape index (κ2) is 12.9. The van der Waals surface area contributed by atoms with Crippen molar-refractivity contribution in [2.45, 2.75) is 58.3 Å². The first-order valence-corrected chi connectivity index (χ1v) is 17.3. The van der Waals surface area contributed by atoms with E-state index < -0.39 is 10.1 Å². The molecule has 2 N–H and O–H groups in total. The molecular weight excluding hydrogens is 593 g/mol. The fourth-order valence-electron chi connectivity index (χ4n) is 6.32. The van der Waals surface area contributed by atoms with Gasteiger partial charge in [-0.3, -0.25) is 0 Å². The molecule has 2 aliphatic rings. The molecule has 0 saturated carbocycles. The minimum Gasteiger partial charge on any atom is -0.744 e. The lowest BCUT2D eigenvalue weighted by molar-refractivity contribution is -0.403. The first kappa shape index (κ1) is 31.3. The van der Waals surface area contributed by atoms with E-state index in [1.165, 1.54) is 28.3 Å². The summed E-state index contributed by atoms with van der Waals surface area (Å²) in [6, 6.07) is 30.8. The smallest absolute Gasteiger partial charge is 0.210 e. The van der Waals surface area contributed by atoms with Gasteiger partial charge < -0.3 is 14.3 Å². The normalized spacial score (nSPS) is 12.2. The SMILES string of the molecule is CCc1cccc(CC)c1Nc1ccc2c(-c3ccccc3S(=O)(=O)[O-])c3ccc(=[NH+]c4c(CC)cccc4CC)cc-3oc2c1. The van der Waals surface area contributed by atoms with Gasteiger partial charge in [0.05, 0.1) is 11.0 Å². The van der Waals surface area contributed by atoms with Crippen LogP contribution in [0, 0.1) is 0 Å². The number of benzene rings is 5. The zero-order valence-electron chi connectivity index (χ0n) is 26.6. The summed E-state index contributed by atoms with van der Waals surface area (Å²) in [5.41, 5.74) is 10.2. The zero-order valence-corrected chi connectivity index (χ0v) is 27.4. The lowest BCUT2D eigenvalue weighted by Gasteiger charge is -2.20. The van der Waals surface area contributed by atoms with Crippen LogP contribution in [0.15, 0.2) is 106 Å². The predicted octanol–water partition coefficient (Wildman–Crippen LogP) is 7.41. The maximum atomic E-state index is 12.5. The fourth-order valence-corrected chi connectivity index (χ4v) is 7.01. The zero-order chi connectivity index (χ0) is 32.4. The van der Waals surface area contributed by atoms with Gasteiger partial charge in [-0.2, -0.15) is 0 Å². The lowest BCUT2D eigenvalue weighted by atomic mass is 9.93. The van der Waals surface area contributed by atoms with Gasteiger partial charge >= 0.3 is 0 Å². The first-order valence-electron chi connectivity index (χ1n) is 15.9. The molecule has 0 fully saturated rings. The Morgan fingerprint density at radius 3 is 1.96 bits per heavy atom. The van der Waals surface area contributed by atoms with E-state index in [0.717, 1.165) is 48.1 Å². The van der Waals surface area contributed by atoms with E-state index in [4.69, 9.17) is 4.42 Å². The van der Waals surface area contributed by atoms with Crippen LogP contribution in [0.3, 0.4) is 0 Å². The largest absolute Gasteiger partial charge is 0.744 e. The van der Waals surface area contributed by atoms with Crippen molar-refractivity contribution < 1.29 is 22.4 Å². The Balaban J connectivity index is 1.62. The molecule has 4 aromatic rings. The molecule has 0 unspecified atom stereocenters. The molecule has 1 aliphatic heterocycles. The van der Waals surface area contributed by atoms with Crippen molar-refractivity contribution in [1.29, 1.82) is 0 Å². The van der Waals surface area contributed by atoms with Crippen molar-refractivity contribution in [2.24, 2.45) is 0 Å². The number of para-hydroxylation sites is 2. The van der Waals surface area contributed by atoms with Crippen LogP contribution in [-0.4, -0.2) is 13.0 Å². The minimum absolute atomic E-state index is 0.262. The molecule has 7 heteroatoms. The summed E-state index contributed by atoms with van der Waals surface area (Å²) in [5, 5.41) is 5.18. The van der Waals surface area contributed by atoms with E-state index in [1.54, 1.807) is 18.2 Å². The number of aryl methyl sites for hydroxylation is 4. The Morgan fingerprint density at radius 2 is 1.33 bits per heavy atom. The summed E-state index contributed by atoms with van der Waals surface area (Å²) in [7, 11) is -4.75. The van der Waals surface area contributed by atoms with Gasteiger partial charge in [0, 0.05) is 56.7 Å². The number of hydrogen-bond acceptors (Lipinski definition) is 5. The van der Waals surface area contributed by atoms with Gasteiger partial charge in [-0.05, 0) is 61.1 Å². The van der Waals surface area contributed by atoms with Crippen molar-refractivity contribution in [1.82, 2.24) is 0 Å². The van der Waals surface area contributed by atoms with Crippen molar-refractivity contribution in [3.63, 3.8) is 0 Å². The highest BCUT2D eigenvalue weighted by Gasteiger charge is 2.22. The third kappa shape index (κ3) is 5.96. The van der Waals surface area contributed by atoms with Crippen LogP contribution in [0.1, 0.15) is 49.9 Å². The van der Waals surface area contributed by atoms with Gasteiger partial charge in [-0.15, -0.1) is 0 Å². The average molecular weight is 631 g/mol. The fraction of sp³-hybridized carbons (Fsp3) is 0.205. The molecule has 6 rings (SSSR count). The summed E-state index contributed by atoms with van der Waals surface area (Å²) in [4.78, 5) is 3.37. The van der Waals surface area contributed by atoms with E-state index >= 15 is 0 Å². The maximum absolute atomic E-state index is 12.5. The highest BCUT2D eigenvalue weighted by molar-refractivity contribution is 7.85. The average Bonchev–Trinajstić information content (AvgIpc) is 3.06. The summed E-state index contributed by atoms with van der Waals surface area (Å²) >= 11 is 0. The number of hydrogen-bond donors (Lipinski definition) is 2. The lowest BCUT2D eigenvalue weighted by Crippen LogP contribution is -2.71. The maximum Gasteiger partial charge on any atom is 0.210 e. The quantitative estimate of drug-likeness (QED) is 0.128. The molecule has 0 atom stereocenters. The molecular formula is C39H38N2O4S. The second-order valence-corrected chi connectivity index (χ2v) is 12.8. The topological polar surface area (TPSA) is 96.3 Å². The van der Waals surface area contributed by atoms with Crippen LogP contribution in [-0.2, 0) is 35.8 Å². The van der Waals surface area contributed by atoms with Crippen LogP contribution < -0.4 is 15.7 Å². The van der Waals surface area contributed by atoms with E-state index in [2.05, 4.69) is 74.4 Å². The van der Waals surface area contributed by atoms with E-state index in [0.29, 0.717) is 33.4 Å². The Hall–Kier alpha value is -4.72. The van der Waals surface area contributed by atoms with E-state index in [1.807, 2.05) is 36.4 Å². The molecule has 0 bridgehead atoms. The Kier molecular flexibility index (Phi) is 8.80. The Bertz CT molecular complexity index is 2170. The molecule has 0 radical (unpaired) electrons. The molecule has 6 nitrogen and oxygen atoms in total. The monoisotopic (exact) mass is 630 g/mol. The summed E-state index contributed by atoms with van der Waals surface area (Å²) in [6.07, 6.45) is 3.56. The third-order valence-corrected chi connectivity index (χ3v) is 9.58. The van der Waals surface area contributed by atoms with Crippen LogP contribution in [0.2, 0.25) is 0 Å². The Morgan fingerprint density at radius 1 is 0.696 bits per heavy atom. The van der Waals surface area contributed by atoms with Crippen LogP contribution >= 0.6 is 0 Å². The number of fused-ring (bicyclic) bond motifs is 2. The molecule has 1 heterocycles. The van der Waals surface area contributed by atoms with Gasteiger partial charge in [-0.1, -0.05) is 82.3 Å². The molecule has 1 aliphatic carbocycles. The van der Waals surface area contributed by atoms with Crippen molar-refractivity contribution in [3.05, 3.63) is 125 Å². The molecule has 234 valence electrons. The van der Waals surface area contributed by atoms with Gasteiger partial charge in [0.1, 0.15) is 21.5 Å². The number of anilines is 2. The second-order valence-electron chi connectivity index (χ2n) is 11.4. The third-order valence-electron chi connectivity index (χ3n) is 8.68. The summed E-state index contributed by atoms with van der Waals surface area (Å²) in [5.74, 6) is 0.568. The molecule has 0 spiro atoms. The van der Waals surface area contributed by atoms with Crippen LogP contribution in [0.5, 0.6) is 0 Å².